The van der Waals surface area contributed by atoms with Gasteiger partial charge in [0, 0.05) is 22.0 Å². The zero-order valence-corrected chi connectivity index (χ0v) is 22.3. The number of carbonyl (C=O) groups excluding carboxylic acids is 2. The number of hydrogen-bond acceptors (Lipinski definition) is 4. The van der Waals surface area contributed by atoms with Crippen molar-refractivity contribution in [2.24, 2.45) is 0 Å². The van der Waals surface area contributed by atoms with Crippen molar-refractivity contribution in [3.05, 3.63) is 97.2 Å². The van der Waals surface area contributed by atoms with Crippen LogP contribution in [0, 0.1) is 13.8 Å². The summed E-state index contributed by atoms with van der Waals surface area (Å²) in [7, 11) is 0. The lowest BCUT2D eigenvalue weighted by Crippen LogP contribution is -2.31. The van der Waals surface area contributed by atoms with Crippen LogP contribution in [0.2, 0.25) is 5.02 Å². The number of benzene rings is 2. The van der Waals surface area contributed by atoms with Crippen molar-refractivity contribution in [1.29, 1.82) is 0 Å². The molecule has 1 saturated heterocycles. The van der Waals surface area contributed by atoms with Crippen LogP contribution in [-0.2, 0) is 21.4 Å². The molecule has 3 aromatic rings. The largest absolute Gasteiger partial charge is 0.507 e. The number of likely N-dealkylation sites (tertiary alicyclic amines) is 1. The summed E-state index contributed by atoms with van der Waals surface area (Å²) < 4.78 is 0. The van der Waals surface area contributed by atoms with Crippen LogP contribution in [-0.4, -0.2) is 28.2 Å². The molecule has 35 heavy (non-hydrogen) atoms. The Morgan fingerprint density at radius 3 is 2.31 bits per heavy atom. The van der Waals surface area contributed by atoms with Gasteiger partial charge in [-0.2, -0.15) is 0 Å². The SMILES string of the molecule is Cc1ccc(C(C)(C)C)cc1/C(O)=C1\C(=O)C(=O)N(CCc2ccc(Cl)cc2)C1c1sccc1C. The number of aliphatic hydroxyl groups is 1. The first-order chi connectivity index (χ1) is 16.5. The number of Topliss-reactive ketones (excluding diaryl/α,β-unsaturated/α-hetero) is 1. The van der Waals surface area contributed by atoms with Gasteiger partial charge in [-0.1, -0.05) is 56.6 Å². The van der Waals surface area contributed by atoms with Gasteiger partial charge in [0.15, 0.2) is 0 Å². The predicted molar refractivity (Wildman–Crippen MR) is 143 cm³/mol. The van der Waals surface area contributed by atoms with Crippen molar-refractivity contribution in [1.82, 2.24) is 4.90 Å². The molecule has 2 aromatic carbocycles. The first-order valence-corrected chi connectivity index (χ1v) is 12.9. The van der Waals surface area contributed by atoms with Crippen LogP contribution in [0.15, 0.2) is 59.5 Å². The van der Waals surface area contributed by atoms with E-state index < -0.39 is 17.7 Å². The third kappa shape index (κ3) is 4.93. The van der Waals surface area contributed by atoms with Crippen molar-refractivity contribution in [2.75, 3.05) is 6.54 Å². The molecule has 0 radical (unpaired) electrons. The smallest absolute Gasteiger partial charge is 0.295 e. The third-order valence-electron chi connectivity index (χ3n) is 6.60. The number of nitrogens with zero attached hydrogens (tertiary/aromatic N) is 1. The molecule has 0 saturated carbocycles. The van der Waals surface area contributed by atoms with Crippen LogP contribution in [0.4, 0.5) is 0 Å². The van der Waals surface area contributed by atoms with E-state index in [0.29, 0.717) is 23.6 Å². The highest BCUT2D eigenvalue weighted by atomic mass is 35.5. The molecular formula is C29H30ClNO3S. The monoisotopic (exact) mass is 507 g/mol. The van der Waals surface area contributed by atoms with Crippen LogP contribution in [0.3, 0.4) is 0 Å². The Labute approximate surface area is 215 Å². The van der Waals surface area contributed by atoms with Gasteiger partial charge in [0.05, 0.1) is 11.6 Å². The van der Waals surface area contributed by atoms with Gasteiger partial charge in [0.2, 0.25) is 0 Å². The van der Waals surface area contributed by atoms with Gasteiger partial charge in [-0.15, -0.1) is 11.3 Å². The average molecular weight is 508 g/mol. The molecule has 0 bridgehead atoms. The summed E-state index contributed by atoms with van der Waals surface area (Å²) in [5.41, 5.74) is 4.53. The minimum absolute atomic E-state index is 0.112. The second kappa shape index (κ2) is 9.63. The first kappa shape index (κ1) is 25.2. The molecule has 1 atom stereocenters. The fourth-order valence-electron chi connectivity index (χ4n) is 4.44. The number of aliphatic hydroxyl groups excluding tert-OH is 1. The lowest BCUT2D eigenvalue weighted by molar-refractivity contribution is -0.139. The molecular weight excluding hydrogens is 478 g/mol. The quantitative estimate of drug-likeness (QED) is 0.230. The summed E-state index contributed by atoms with van der Waals surface area (Å²) in [5.74, 6) is -1.33. The lowest BCUT2D eigenvalue weighted by atomic mass is 9.84. The molecule has 2 heterocycles. The molecule has 1 fully saturated rings. The van der Waals surface area contributed by atoms with E-state index in [9.17, 15) is 14.7 Å². The van der Waals surface area contributed by atoms with Crippen molar-refractivity contribution in [3.8, 4) is 0 Å². The second-order valence-electron chi connectivity index (χ2n) is 10.1. The van der Waals surface area contributed by atoms with E-state index in [0.717, 1.165) is 27.1 Å². The second-order valence-corrected chi connectivity index (χ2v) is 11.5. The molecule has 1 amide bonds. The summed E-state index contributed by atoms with van der Waals surface area (Å²) >= 11 is 7.51. The Morgan fingerprint density at radius 2 is 1.71 bits per heavy atom. The highest BCUT2D eigenvalue weighted by Crippen LogP contribution is 2.43. The number of hydrogen-bond donors (Lipinski definition) is 1. The molecule has 1 aromatic heterocycles. The van der Waals surface area contributed by atoms with Crippen molar-refractivity contribution in [2.45, 2.75) is 52.5 Å². The summed E-state index contributed by atoms with van der Waals surface area (Å²) in [6.07, 6.45) is 0.573. The molecule has 182 valence electrons. The van der Waals surface area contributed by atoms with Gasteiger partial charge in [-0.05, 0) is 77.6 Å². The molecule has 0 aliphatic carbocycles. The number of halogens is 1. The first-order valence-electron chi connectivity index (χ1n) is 11.7. The van der Waals surface area contributed by atoms with E-state index in [2.05, 4.69) is 20.8 Å². The average Bonchev–Trinajstić information content (AvgIpc) is 3.33. The summed E-state index contributed by atoms with van der Waals surface area (Å²) in [6.45, 7) is 10.5. The number of aryl methyl sites for hydroxylation is 2. The van der Waals surface area contributed by atoms with Crippen LogP contribution >= 0.6 is 22.9 Å². The van der Waals surface area contributed by atoms with E-state index in [-0.39, 0.29) is 16.7 Å². The summed E-state index contributed by atoms with van der Waals surface area (Å²) in [6, 6.07) is 14.8. The van der Waals surface area contributed by atoms with Crippen LogP contribution in [0.1, 0.15) is 59.5 Å². The van der Waals surface area contributed by atoms with E-state index in [4.69, 9.17) is 11.6 Å². The Kier molecular flexibility index (Phi) is 6.94. The molecule has 1 aliphatic rings. The molecule has 6 heteroatoms. The van der Waals surface area contributed by atoms with E-state index in [1.165, 1.54) is 11.3 Å². The molecule has 4 nitrogen and oxygen atoms in total. The standard InChI is InChI=1S/C29H30ClNO3S/c1-17-6-9-20(29(3,4)5)16-22(17)25(32)23-24(27-18(2)13-15-35-27)31(28(34)26(23)33)14-12-19-7-10-21(30)11-8-19/h6-11,13,15-16,24,32H,12,14H2,1-5H3/b25-23+. The Balaban J connectivity index is 1.82. The minimum Gasteiger partial charge on any atom is -0.507 e. The van der Waals surface area contributed by atoms with Gasteiger partial charge in [-0.25, -0.2) is 0 Å². The van der Waals surface area contributed by atoms with Gasteiger partial charge >= 0.3 is 0 Å². The van der Waals surface area contributed by atoms with Gasteiger partial charge in [0.25, 0.3) is 11.7 Å². The number of rotatable bonds is 5. The molecule has 1 aliphatic heterocycles. The number of amides is 1. The van der Waals surface area contributed by atoms with Crippen LogP contribution < -0.4 is 0 Å². The maximum absolute atomic E-state index is 13.4. The van der Waals surface area contributed by atoms with Gasteiger partial charge in [-0.3, -0.25) is 9.59 Å². The fourth-order valence-corrected chi connectivity index (χ4v) is 5.61. The van der Waals surface area contributed by atoms with Crippen molar-refractivity contribution >= 4 is 40.4 Å². The maximum atomic E-state index is 13.4. The van der Waals surface area contributed by atoms with E-state index in [1.807, 2.05) is 67.8 Å². The number of carbonyl (C=O) groups is 2. The third-order valence-corrected chi connectivity index (χ3v) is 7.93. The number of ketones is 1. The molecule has 1 N–H and O–H groups in total. The molecule has 0 spiro atoms. The zero-order chi connectivity index (χ0) is 25.5. The molecule has 1 unspecified atom stereocenters. The van der Waals surface area contributed by atoms with Crippen molar-refractivity contribution in [3.63, 3.8) is 0 Å². The van der Waals surface area contributed by atoms with Crippen LogP contribution in [0.25, 0.3) is 5.76 Å². The molecule has 4 rings (SSSR count). The highest BCUT2D eigenvalue weighted by molar-refractivity contribution is 7.10. The Morgan fingerprint density at radius 1 is 1.03 bits per heavy atom. The fraction of sp³-hybridized carbons (Fsp3) is 0.310. The Bertz CT molecular complexity index is 1310. The van der Waals surface area contributed by atoms with Crippen LogP contribution in [0.5, 0.6) is 0 Å². The summed E-state index contributed by atoms with van der Waals surface area (Å²) in [5, 5.41) is 14.1. The van der Waals surface area contributed by atoms with Crippen molar-refractivity contribution < 1.29 is 14.7 Å². The van der Waals surface area contributed by atoms with Gasteiger partial charge in [0.1, 0.15) is 5.76 Å². The topological polar surface area (TPSA) is 57.6 Å². The Hall–Kier alpha value is -2.89. The van der Waals surface area contributed by atoms with E-state index >= 15 is 0 Å². The van der Waals surface area contributed by atoms with E-state index in [1.54, 1.807) is 4.90 Å². The number of thiophene rings is 1. The maximum Gasteiger partial charge on any atom is 0.295 e. The minimum atomic E-state index is -0.642. The normalized spacial score (nSPS) is 17.9. The highest BCUT2D eigenvalue weighted by Gasteiger charge is 2.47. The predicted octanol–water partition coefficient (Wildman–Crippen LogP) is 6.98. The summed E-state index contributed by atoms with van der Waals surface area (Å²) in [4.78, 5) is 29.1. The van der Waals surface area contributed by atoms with Gasteiger partial charge < -0.3 is 10.0 Å². The zero-order valence-electron chi connectivity index (χ0n) is 20.7. The lowest BCUT2D eigenvalue weighted by Gasteiger charge is -2.25.